The van der Waals surface area contributed by atoms with Crippen molar-refractivity contribution in [2.24, 2.45) is 0 Å². The first-order chi connectivity index (χ1) is 13.3. The van der Waals surface area contributed by atoms with Gasteiger partial charge in [-0.05, 0) is 49.9 Å². The summed E-state index contributed by atoms with van der Waals surface area (Å²) in [7, 11) is 0. The number of aliphatic hydroxyl groups is 4. The molecule has 0 saturated carbocycles. The van der Waals surface area contributed by atoms with Gasteiger partial charge >= 0.3 is 0 Å². The molecule has 1 saturated heterocycles. The molecule has 7 heteroatoms. The maximum absolute atomic E-state index is 10.2. The van der Waals surface area contributed by atoms with E-state index in [9.17, 15) is 20.4 Å². The standard InChI is InChI=1S/C21H34O7/c1-5-6-7-8-9-26-15-10-12(2)20(14(4)13(15)3)28-21-19(25)18(24)17(23)16(11-22)27-21/h10,16-19,21-25H,5-9,11H2,1-4H3/t16-,17-,18+,19-,21-/m1/s1. The molecule has 0 aliphatic carbocycles. The smallest absolute Gasteiger partial charge is 0.229 e. The van der Waals surface area contributed by atoms with Gasteiger partial charge in [-0.2, -0.15) is 0 Å². The number of hydrogen-bond donors (Lipinski definition) is 4. The predicted molar refractivity (Wildman–Crippen MR) is 105 cm³/mol. The quantitative estimate of drug-likeness (QED) is 0.469. The lowest BCUT2D eigenvalue weighted by Crippen LogP contribution is -2.60. The van der Waals surface area contributed by atoms with Crippen LogP contribution in [0, 0.1) is 20.8 Å². The van der Waals surface area contributed by atoms with E-state index >= 15 is 0 Å². The van der Waals surface area contributed by atoms with Crippen molar-refractivity contribution in [1.82, 2.24) is 0 Å². The highest BCUT2D eigenvalue weighted by molar-refractivity contribution is 5.52. The van der Waals surface area contributed by atoms with Crippen molar-refractivity contribution in [3.8, 4) is 11.5 Å². The molecular weight excluding hydrogens is 364 g/mol. The fraction of sp³-hybridized carbons (Fsp3) is 0.714. The van der Waals surface area contributed by atoms with Gasteiger partial charge in [0.1, 0.15) is 35.9 Å². The highest BCUT2D eigenvalue weighted by Crippen LogP contribution is 2.35. The number of aliphatic hydroxyl groups excluding tert-OH is 4. The summed E-state index contributed by atoms with van der Waals surface area (Å²) in [6, 6.07) is 1.89. The Kier molecular flexibility index (Phi) is 8.52. The van der Waals surface area contributed by atoms with Crippen molar-refractivity contribution in [1.29, 1.82) is 0 Å². The molecule has 0 unspecified atom stereocenters. The van der Waals surface area contributed by atoms with Crippen molar-refractivity contribution in [2.45, 2.75) is 84.1 Å². The van der Waals surface area contributed by atoms with Gasteiger partial charge in [0.2, 0.25) is 6.29 Å². The summed E-state index contributed by atoms with van der Waals surface area (Å²) in [5.41, 5.74) is 2.59. The molecule has 1 aliphatic rings. The first-order valence-corrected chi connectivity index (χ1v) is 10.0. The normalized spacial score (nSPS) is 27.6. The van der Waals surface area contributed by atoms with Crippen LogP contribution in [0.4, 0.5) is 0 Å². The SMILES string of the molecule is CCCCCCOc1cc(C)c(O[C@H]2O[C@H](CO)[C@@H](O)[C@H](O)[C@H]2O)c(C)c1C. The minimum absolute atomic E-state index is 0.493. The Labute approximate surface area is 166 Å². The van der Waals surface area contributed by atoms with E-state index in [1.807, 2.05) is 26.8 Å². The zero-order valence-corrected chi connectivity index (χ0v) is 17.2. The fourth-order valence-electron chi connectivity index (χ4n) is 3.34. The highest BCUT2D eigenvalue weighted by atomic mass is 16.7. The monoisotopic (exact) mass is 398 g/mol. The van der Waals surface area contributed by atoms with Crippen LogP contribution >= 0.6 is 0 Å². The Balaban J connectivity index is 2.12. The first-order valence-electron chi connectivity index (χ1n) is 10.0. The number of unbranched alkanes of at least 4 members (excludes halogenated alkanes) is 3. The molecule has 0 aromatic heterocycles. The summed E-state index contributed by atoms with van der Waals surface area (Å²) in [4.78, 5) is 0. The van der Waals surface area contributed by atoms with E-state index < -0.39 is 37.3 Å². The van der Waals surface area contributed by atoms with Crippen LogP contribution in [-0.4, -0.2) is 64.3 Å². The second kappa shape index (κ2) is 10.4. The third kappa shape index (κ3) is 5.15. The van der Waals surface area contributed by atoms with E-state index in [0.29, 0.717) is 12.4 Å². The second-order valence-corrected chi connectivity index (χ2v) is 7.49. The molecular formula is C21H34O7. The molecule has 0 spiro atoms. The second-order valence-electron chi connectivity index (χ2n) is 7.49. The lowest BCUT2D eigenvalue weighted by molar-refractivity contribution is -0.277. The lowest BCUT2D eigenvalue weighted by Gasteiger charge is -2.40. The van der Waals surface area contributed by atoms with Gasteiger partial charge in [-0.1, -0.05) is 26.2 Å². The van der Waals surface area contributed by atoms with E-state index in [0.717, 1.165) is 35.3 Å². The van der Waals surface area contributed by atoms with Gasteiger partial charge in [0.15, 0.2) is 0 Å². The Morgan fingerprint density at radius 3 is 2.32 bits per heavy atom. The van der Waals surface area contributed by atoms with Crippen molar-refractivity contribution in [3.05, 3.63) is 22.8 Å². The van der Waals surface area contributed by atoms with Crippen molar-refractivity contribution >= 4 is 0 Å². The number of aryl methyl sites for hydroxylation is 1. The van der Waals surface area contributed by atoms with Gasteiger partial charge in [0, 0.05) is 0 Å². The molecule has 28 heavy (non-hydrogen) atoms. The average Bonchev–Trinajstić information content (AvgIpc) is 2.68. The lowest BCUT2D eigenvalue weighted by atomic mass is 9.99. The van der Waals surface area contributed by atoms with E-state index in [-0.39, 0.29) is 0 Å². The third-order valence-electron chi connectivity index (χ3n) is 5.32. The average molecular weight is 398 g/mol. The Morgan fingerprint density at radius 2 is 1.68 bits per heavy atom. The van der Waals surface area contributed by atoms with Crippen LogP contribution in [0.2, 0.25) is 0 Å². The number of hydrogen-bond acceptors (Lipinski definition) is 7. The maximum atomic E-state index is 10.2. The predicted octanol–water partition coefficient (Wildman–Crippen LogP) is 1.75. The molecule has 1 aliphatic heterocycles. The topological polar surface area (TPSA) is 109 Å². The van der Waals surface area contributed by atoms with Crippen LogP contribution in [0.3, 0.4) is 0 Å². The van der Waals surface area contributed by atoms with Crippen molar-refractivity contribution < 1.29 is 34.6 Å². The van der Waals surface area contributed by atoms with E-state index in [1.165, 1.54) is 12.8 Å². The van der Waals surface area contributed by atoms with Gasteiger partial charge in [-0.3, -0.25) is 0 Å². The van der Waals surface area contributed by atoms with Gasteiger partial charge in [-0.25, -0.2) is 0 Å². The Bertz CT molecular complexity index is 632. The zero-order chi connectivity index (χ0) is 20.8. The third-order valence-corrected chi connectivity index (χ3v) is 5.32. The minimum Gasteiger partial charge on any atom is -0.493 e. The van der Waals surface area contributed by atoms with Crippen molar-refractivity contribution in [2.75, 3.05) is 13.2 Å². The number of rotatable bonds is 9. The molecule has 0 amide bonds. The first kappa shape index (κ1) is 22.9. The summed E-state index contributed by atoms with van der Waals surface area (Å²) < 4.78 is 17.3. The zero-order valence-electron chi connectivity index (χ0n) is 17.2. The van der Waals surface area contributed by atoms with Crippen LogP contribution in [-0.2, 0) is 4.74 Å². The van der Waals surface area contributed by atoms with Gasteiger partial charge < -0.3 is 34.6 Å². The van der Waals surface area contributed by atoms with Gasteiger partial charge in [-0.15, -0.1) is 0 Å². The summed E-state index contributed by atoms with van der Waals surface area (Å²) >= 11 is 0. The van der Waals surface area contributed by atoms with E-state index in [4.69, 9.17) is 14.2 Å². The fourth-order valence-corrected chi connectivity index (χ4v) is 3.34. The summed E-state index contributed by atoms with van der Waals surface area (Å²) in [6.07, 6.45) is -1.99. The molecule has 5 atom stereocenters. The molecule has 2 rings (SSSR count). The highest BCUT2D eigenvalue weighted by Gasteiger charge is 2.45. The maximum Gasteiger partial charge on any atom is 0.229 e. The van der Waals surface area contributed by atoms with E-state index in [2.05, 4.69) is 6.92 Å². The molecule has 1 fully saturated rings. The Hall–Kier alpha value is -1.38. The van der Waals surface area contributed by atoms with Crippen molar-refractivity contribution in [3.63, 3.8) is 0 Å². The number of benzene rings is 1. The van der Waals surface area contributed by atoms with Crippen LogP contribution in [0.25, 0.3) is 0 Å². The van der Waals surface area contributed by atoms with Crippen LogP contribution in [0.1, 0.15) is 49.3 Å². The van der Waals surface area contributed by atoms with Crippen LogP contribution in [0.5, 0.6) is 11.5 Å². The number of ether oxygens (including phenoxy) is 3. The molecule has 1 aromatic rings. The van der Waals surface area contributed by atoms with Crippen LogP contribution in [0.15, 0.2) is 6.07 Å². The summed E-state index contributed by atoms with van der Waals surface area (Å²) in [5.74, 6) is 1.33. The molecule has 0 bridgehead atoms. The summed E-state index contributed by atoms with van der Waals surface area (Å²) in [6.45, 7) is 8.04. The molecule has 0 radical (unpaired) electrons. The van der Waals surface area contributed by atoms with Gasteiger partial charge in [0.05, 0.1) is 13.2 Å². The largest absolute Gasteiger partial charge is 0.493 e. The summed E-state index contributed by atoms with van der Waals surface area (Å²) in [5, 5.41) is 39.4. The van der Waals surface area contributed by atoms with Crippen LogP contribution < -0.4 is 9.47 Å². The molecule has 160 valence electrons. The van der Waals surface area contributed by atoms with Gasteiger partial charge in [0.25, 0.3) is 0 Å². The Morgan fingerprint density at radius 1 is 0.964 bits per heavy atom. The molecule has 1 aromatic carbocycles. The molecule has 7 nitrogen and oxygen atoms in total. The minimum atomic E-state index is -1.47. The van der Waals surface area contributed by atoms with E-state index in [1.54, 1.807) is 0 Å². The molecule has 4 N–H and O–H groups in total. The molecule has 1 heterocycles.